The minimum Gasteiger partial charge on any atom is -0.508 e. The molecule has 2 aromatic carbocycles. The first-order valence-corrected chi connectivity index (χ1v) is 7.70. The van der Waals surface area contributed by atoms with Gasteiger partial charge < -0.3 is 15.2 Å². The predicted octanol–water partition coefficient (Wildman–Crippen LogP) is 3.84. The molecule has 0 radical (unpaired) electrons. The summed E-state index contributed by atoms with van der Waals surface area (Å²) in [5.74, 6) is 0.365. The van der Waals surface area contributed by atoms with Gasteiger partial charge in [0.05, 0.1) is 6.10 Å². The van der Waals surface area contributed by atoms with Gasteiger partial charge in [-0.2, -0.15) is 0 Å². The number of benzene rings is 2. The third-order valence-electron chi connectivity index (χ3n) is 3.52. The van der Waals surface area contributed by atoms with Crippen LogP contribution in [0.3, 0.4) is 0 Å². The minimum atomic E-state index is 0.311. The Morgan fingerprint density at radius 1 is 1.10 bits per heavy atom. The Morgan fingerprint density at radius 3 is 2.71 bits per heavy atom. The molecule has 0 aromatic heterocycles. The highest BCUT2D eigenvalue weighted by Gasteiger charge is 2.05. The number of aromatic hydroxyl groups is 1. The van der Waals surface area contributed by atoms with Crippen molar-refractivity contribution in [3.63, 3.8) is 0 Å². The lowest BCUT2D eigenvalue weighted by molar-refractivity contribution is 0.0760. The van der Waals surface area contributed by atoms with Crippen LogP contribution >= 0.6 is 0 Å². The number of unbranched alkanes of at least 4 members (excludes halogenated alkanes) is 1. The summed E-state index contributed by atoms with van der Waals surface area (Å²) in [4.78, 5) is 0. The summed E-state index contributed by atoms with van der Waals surface area (Å²) in [6.07, 6.45) is 2.45. The second-order valence-electron chi connectivity index (χ2n) is 5.59. The monoisotopic (exact) mass is 287 g/mol. The van der Waals surface area contributed by atoms with Gasteiger partial charge in [-0.25, -0.2) is 0 Å². The van der Waals surface area contributed by atoms with E-state index >= 15 is 0 Å². The SMILES string of the molecule is CC(C)OCCCCNCc1c(O)ccc2ccccc12. The predicted molar refractivity (Wildman–Crippen MR) is 87.6 cm³/mol. The van der Waals surface area contributed by atoms with E-state index in [1.165, 1.54) is 0 Å². The first kappa shape index (κ1) is 15.8. The van der Waals surface area contributed by atoms with Crippen LogP contribution in [0.25, 0.3) is 10.8 Å². The van der Waals surface area contributed by atoms with Crippen molar-refractivity contribution in [3.05, 3.63) is 42.0 Å². The molecular weight excluding hydrogens is 262 g/mol. The van der Waals surface area contributed by atoms with E-state index in [4.69, 9.17) is 4.74 Å². The van der Waals surface area contributed by atoms with Gasteiger partial charge in [-0.15, -0.1) is 0 Å². The maximum atomic E-state index is 10.1. The van der Waals surface area contributed by atoms with Crippen molar-refractivity contribution < 1.29 is 9.84 Å². The van der Waals surface area contributed by atoms with Gasteiger partial charge in [0.15, 0.2) is 0 Å². The standard InChI is InChI=1S/C18H25NO2/c1-14(2)21-12-6-5-11-19-13-17-16-8-4-3-7-15(16)9-10-18(17)20/h3-4,7-10,14,19-20H,5-6,11-13H2,1-2H3. The van der Waals surface area contributed by atoms with Crippen molar-refractivity contribution in [1.82, 2.24) is 5.32 Å². The molecule has 0 aliphatic heterocycles. The van der Waals surface area contributed by atoms with Crippen LogP contribution in [-0.4, -0.2) is 24.4 Å². The van der Waals surface area contributed by atoms with Crippen molar-refractivity contribution in [3.8, 4) is 5.75 Å². The largest absolute Gasteiger partial charge is 0.508 e. The van der Waals surface area contributed by atoms with Gasteiger partial charge in [-0.05, 0) is 50.1 Å². The van der Waals surface area contributed by atoms with E-state index in [0.717, 1.165) is 42.3 Å². The van der Waals surface area contributed by atoms with Crippen LogP contribution < -0.4 is 5.32 Å². The zero-order chi connectivity index (χ0) is 15.1. The maximum absolute atomic E-state index is 10.1. The average molecular weight is 287 g/mol. The molecule has 0 bridgehead atoms. The fourth-order valence-electron chi connectivity index (χ4n) is 2.39. The zero-order valence-corrected chi connectivity index (χ0v) is 12.9. The molecule has 0 aliphatic rings. The first-order valence-electron chi connectivity index (χ1n) is 7.70. The van der Waals surface area contributed by atoms with E-state index in [9.17, 15) is 5.11 Å². The van der Waals surface area contributed by atoms with Crippen LogP contribution in [0.2, 0.25) is 0 Å². The summed E-state index contributed by atoms with van der Waals surface area (Å²) in [5, 5.41) is 15.7. The molecule has 0 aliphatic carbocycles. The van der Waals surface area contributed by atoms with Gasteiger partial charge in [-0.3, -0.25) is 0 Å². The van der Waals surface area contributed by atoms with Crippen molar-refractivity contribution in [2.45, 2.75) is 39.3 Å². The molecule has 2 aromatic rings. The number of ether oxygens (including phenoxy) is 1. The quantitative estimate of drug-likeness (QED) is 0.725. The summed E-state index contributed by atoms with van der Waals surface area (Å²) in [6.45, 7) is 6.56. The van der Waals surface area contributed by atoms with Crippen LogP contribution in [-0.2, 0) is 11.3 Å². The fourth-order valence-corrected chi connectivity index (χ4v) is 2.39. The van der Waals surface area contributed by atoms with Crippen LogP contribution in [0.1, 0.15) is 32.3 Å². The number of phenolic OH excluding ortho intramolecular Hbond substituents is 1. The second-order valence-corrected chi connectivity index (χ2v) is 5.59. The molecule has 0 fully saturated rings. The molecule has 2 N–H and O–H groups in total. The molecule has 3 nitrogen and oxygen atoms in total. The third-order valence-corrected chi connectivity index (χ3v) is 3.52. The van der Waals surface area contributed by atoms with Gasteiger partial charge in [0.1, 0.15) is 5.75 Å². The normalized spacial score (nSPS) is 11.4. The van der Waals surface area contributed by atoms with Gasteiger partial charge in [0, 0.05) is 18.7 Å². The van der Waals surface area contributed by atoms with Gasteiger partial charge >= 0.3 is 0 Å². The minimum absolute atomic E-state index is 0.311. The Morgan fingerprint density at radius 2 is 1.90 bits per heavy atom. The first-order chi connectivity index (χ1) is 10.2. The topological polar surface area (TPSA) is 41.5 Å². The molecule has 2 rings (SSSR count). The van der Waals surface area contributed by atoms with Gasteiger partial charge in [-0.1, -0.05) is 30.3 Å². The summed E-state index contributed by atoms with van der Waals surface area (Å²) in [6, 6.07) is 11.9. The van der Waals surface area contributed by atoms with E-state index in [2.05, 4.69) is 31.3 Å². The Bertz CT molecular complexity index is 566. The number of phenols is 1. The Kier molecular flexibility index (Phi) is 6.03. The van der Waals surface area contributed by atoms with E-state index in [1.54, 1.807) is 6.07 Å². The summed E-state index contributed by atoms with van der Waals surface area (Å²) >= 11 is 0. The fraction of sp³-hybridized carbons (Fsp3) is 0.444. The highest BCUT2D eigenvalue weighted by molar-refractivity contribution is 5.87. The van der Waals surface area contributed by atoms with Crippen LogP contribution in [0.5, 0.6) is 5.75 Å². The smallest absolute Gasteiger partial charge is 0.120 e. The molecule has 0 saturated carbocycles. The summed E-state index contributed by atoms with van der Waals surface area (Å²) in [7, 11) is 0. The number of nitrogens with one attached hydrogen (secondary N) is 1. The Labute approximate surface area is 126 Å². The lowest BCUT2D eigenvalue weighted by Crippen LogP contribution is -2.16. The average Bonchev–Trinajstić information content (AvgIpc) is 2.48. The second kappa shape index (κ2) is 8.01. The molecule has 0 amide bonds. The van der Waals surface area contributed by atoms with Crippen molar-refractivity contribution in [2.24, 2.45) is 0 Å². The van der Waals surface area contributed by atoms with E-state index in [0.29, 0.717) is 18.4 Å². The number of hydrogen-bond acceptors (Lipinski definition) is 3. The van der Waals surface area contributed by atoms with Crippen LogP contribution in [0, 0.1) is 0 Å². The molecule has 114 valence electrons. The lowest BCUT2D eigenvalue weighted by atomic mass is 10.0. The molecule has 0 saturated heterocycles. The van der Waals surface area contributed by atoms with Gasteiger partial charge in [0.2, 0.25) is 0 Å². The van der Waals surface area contributed by atoms with E-state index in [1.807, 2.05) is 18.2 Å². The molecule has 0 heterocycles. The maximum Gasteiger partial charge on any atom is 0.120 e. The van der Waals surface area contributed by atoms with Gasteiger partial charge in [0.25, 0.3) is 0 Å². The number of hydrogen-bond donors (Lipinski definition) is 2. The van der Waals surface area contributed by atoms with E-state index in [-0.39, 0.29) is 0 Å². The van der Waals surface area contributed by atoms with E-state index < -0.39 is 0 Å². The van der Waals surface area contributed by atoms with Crippen molar-refractivity contribution in [2.75, 3.05) is 13.2 Å². The Hall–Kier alpha value is -1.58. The van der Waals surface area contributed by atoms with Crippen molar-refractivity contribution >= 4 is 10.8 Å². The number of fused-ring (bicyclic) bond motifs is 1. The molecule has 0 spiro atoms. The highest BCUT2D eigenvalue weighted by Crippen LogP contribution is 2.26. The zero-order valence-electron chi connectivity index (χ0n) is 12.9. The summed E-state index contributed by atoms with van der Waals surface area (Å²) < 4.78 is 5.52. The molecule has 0 unspecified atom stereocenters. The van der Waals surface area contributed by atoms with Crippen LogP contribution in [0.15, 0.2) is 36.4 Å². The molecule has 21 heavy (non-hydrogen) atoms. The third kappa shape index (κ3) is 4.73. The lowest BCUT2D eigenvalue weighted by Gasteiger charge is -2.11. The molecular formula is C18H25NO2. The molecule has 3 heteroatoms. The van der Waals surface area contributed by atoms with Crippen LogP contribution in [0.4, 0.5) is 0 Å². The van der Waals surface area contributed by atoms with Crippen molar-refractivity contribution in [1.29, 1.82) is 0 Å². The highest BCUT2D eigenvalue weighted by atomic mass is 16.5. The Balaban J connectivity index is 1.82. The molecule has 0 atom stereocenters. The summed E-state index contributed by atoms with van der Waals surface area (Å²) in [5.41, 5.74) is 0.978. The number of rotatable bonds is 8.